The molecular formula is C12H10BrClN4O. The van der Waals surface area contributed by atoms with Crippen molar-refractivity contribution in [3.05, 3.63) is 51.6 Å². The lowest BCUT2D eigenvalue weighted by molar-refractivity contribution is 0.102. The van der Waals surface area contributed by atoms with Crippen LogP contribution in [0, 0.1) is 0 Å². The van der Waals surface area contributed by atoms with Gasteiger partial charge in [0.25, 0.3) is 5.91 Å². The largest absolute Gasteiger partial charge is 0.320 e. The Kier molecular flexibility index (Phi) is 4.36. The van der Waals surface area contributed by atoms with Crippen molar-refractivity contribution in [3.63, 3.8) is 0 Å². The molecule has 2 rings (SSSR count). The molecule has 0 saturated heterocycles. The zero-order valence-electron chi connectivity index (χ0n) is 9.65. The molecule has 0 atom stereocenters. The molecule has 0 radical (unpaired) electrons. The van der Waals surface area contributed by atoms with Crippen molar-refractivity contribution in [2.75, 3.05) is 10.7 Å². The summed E-state index contributed by atoms with van der Waals surface area (Å²) in [7, 11) is 0. The topological polar surface area (TPSA) is 80.0 Å². The number of benzene rings is 1. The molecule has 0 aliphatic carbocycles. The van der Waals surface area contributed by atoms with Crippen LogP contribution in [0.25, 0.3) is 0 Å². The Morgan fingerprint density at radius 3 is 2.89 bits per heavy atom. The summed E-state index contributed by atoms with van der Waals surface area (Å²) in [5.74, 6) is 5.26. The van der Waals surface area contributed by atoms with Gasteiger partial charge in [0.15, 0.2) is 5.82 Å². The second-order valence-electron chi connectivity index (χ2n) is 3.62. The van der Waals surface area contributed by atoms with E-state index in [4.69, 9.17) is 17.4 Å². The molecule has 4 N–H and O–H groups in total. The zero-order chi connectivity index (χ0) is 13.8. The Balaban J connectivity index is 2.28. The molecule has 0 fully saturated rings. The Bertz CT molecular complexity index is 620. The Labute approximate surface area is 123 Å². The number of nitrogens with one attached hydrogen (secondary N) is 2. The van der Waals surface area contributed by atoms with E-state index in [0.717, 1.165) is 4.47 Å². The van der Waals surface area contributed by atoms with Crippen molar-refractivity contribution < 1.29 is 4.79 Å². The first-order chi connectivity index (χ1) is 9.11. The maximum atomic E-state index is 12.1. The van der Waals surface area contributed by atoms with E-state index in [1.807, 2.05) is 0 Å². The van der Waals surface area contributed by atoms with Gasteiger partial charge in [-0.05, 0) is 30.3 Å². The third-order valence-corrected chi connectivity index (χ3v) is 3.19. The molecule has 98 valence electrons. The van der Waals surface area contributed by atoms with E-state index in [2.05, 4.69) is 31.7 Å². The standard InChI is InChI=1S/C12H10BrClN4O/c13-7-3-4-9(14)10(6-7)17-12(19)8-2-1-5-16-11(8)18-15/h1-6H,15H2,(H,16,18)(H,17,19). The Morgan fingerprint density at radius 2 is 2.16 bits per heavy atom. The number of anilines is 2. The number of hydrazine groups is 1. The number of carbonyl (C=O) groups excluding carboxylic acids is 1. The fourth-order valence-corrected chi connectivity index (χ4v) is 2.01. The van der Waals surface area contributed by atoms with E-state index in [-0.39, 0.29) is 5.91 Å². The van der Waals surface area contributed by atoms with Gasteiger partial charge in [-0.3, -0.25) is 4.79 Å². The van der Waals surface area contributed by atoms with Crippen LogP contribution in [-0.2, 0) is 0 Å². The molecule has 19 heavy (non-hydrogen) atoms. The van der Waals surface area contributed by atoms with Gasteiger partial charge >= 0.3 is 0 Å². The summed E-state index contributed by atoms with van der Waals surface area (Å²) in [6.07, 6.45) is 1.54. The molecule has 0 unspecified atom stereocenters. The summed E-state index contributed by atoms with van der Waals surface area (Å²) in [4.78, 5) is 16.1. The van der Waals surface area contributed by atoms with Crippen molar-refractivity contribution in [1.29, 1.82) is 0 Å². The van der Waals surface area contributed by atoms with Crippen molar-refractivity contribution in [2.24, 2.45) is 5.84 Å². The highest BCUT2D eigenvalue weighted by molar-refractivity contribution is 9.10. The second kappa shape index (κ2) is 6.01. The van der Waals surface area contributed by atoms with Gasteiger partial charge in [0, 0.05) is 10.7 Å². The smallest absolute Gasteiger partial charge is 0.259 e. The summed E-state index contributed by atoms with van der Waals surface area (Å²) >= 11 is 9.33. The number of halogens is 2. The predicted molar refractivity (Wildman–Crippen MR) is 79.2 cm³/mol. The van der Waals surface area contributed by atoms with Gasteiger partial charge in [-0.15, -0.1) is 0 Å². The van der Waals surface area contributed by atoms with E-state index in [1.54, 1.807) is 30.3 Å². The van der Waals surface area contributed by atoms with Gasteiger partial charge in [-0.2, -0.15) is 0 Å². The molecule has 0 aliphatic heterocycles. The summed E-state index contributed by atoms with van der Waals surface area (Å²) in [6, 6.07) is 8.45. The fourth-order valence-electron chi connectivity index (χ4n) is 1.49. The number of nitrogens with two attached hydrogens (primary N) is 1. The molecule has 0 aliphatic rings. The van der Waals surface area contributed by atoms with Gasteiger partial charge < -0.3 is 10.7 Å². The average molecular weight is 342 g/mol. The maximum absolute atomic E-state index is 12.1. The quantitative estimate of drug-likeness (QED) is 0.592. The zero-order valence-corrected chi connectivity index (χ0v) is 12.0. The summed E-state index contributed by atoms with van der Waals surface area (Å²) in [5, 5.41) is 3.15. The minimum Gasteiger partial charge on any atom is -0.320 e. The molecule has 0 spiro atoms. The molecule has 1 heterocycles. The summed E-state index contributed by atoms with van der Waals surface area (Å²) in [6.45, 7) is 0. The van der Waals surface area contributed by atoms with Crippen LogP contribution in [0.2, 0.25) is 5.02 Å². The van der Waals surface area contributed by atoms with Crippen LogP contribution in [0.3, 0.4) is 0 Å². The minimum atomic E-state index is -0.346. The first-order valence-corrected chi connectivity index (χ1v) is 6.47. The van der Waals surface area contributed by atoms with E-state index >= 15 is 0 Å². The SMILES string of the molecule is NNc1ncccc1C(=O)Nc1cc(Br)ccc1Cl. The normalized spacial score (nSPS) is 10.1. The number of rotatable bonds is 3. The van der Waals surface area contributed by atoms with Crippen molar-refractivity contribution in [2.45, 2.75) is 0 Å². The minimum absolute atomic E-state index is 0.297. The van der Waals surface area contributed by atoms with Gasteiger partial charge in [0.05, 0.1) is 16.3 Å². The third-order valence-electron chi connectivity index (χ3n) is 2.37. The van der Waals surface area contributed by atoms with Crippen LogP contribution in [0.15, 0.2) is 41.0 Å². The number of nitrogens with zero attached hydrogens (tertiary/aromatic N) is 1. The molecule has 0 saturated carbocycles. The van der Waals surface area contributed by atoms with Crippen molar-refractivity contribution in [3.8, 4) is 0 Å². The lowest BCUT2D eigenvalue weighted by atomic mass is 10.2. The molecule has 5 nitrogen and oxygen atoms in total. The van der Waals surface area contributed by atoms with E-state index < -0.39 is 0 Å². The number of amides is 1. The number of nitrogen functional groups attached to an aromatic ring is 1. The first kappa shape index (κ1) is 13.8. The molecule has 1 aromatic carbocycles. The van der Waals surface area contributed by atoms with Gasteiger partial charge in [-0.1, -0.05) is 27.5 Å². The molecule has 1 aromatic heterocycles. The van der Waals surface area contributed by atoms with Crippen LogP contribution in [0.5, 0.6) is 0 Å². The van der Waals surface area contributed by atoms with Crippen LogP contribution >= 0.6 is 27.5 Å². The molecule has 0 bridgehead atoms. The van der Waals surface area contributed by atoms with Crippen LogP contribution in [0.1, 0.15) is 10.4 Å². The fraction of sp³-hybridized carbons (Fsp3) is 0. The summed E-state index contributed by atoms with van der Waals surface area (Å²) < 4.78 is 0.815. The van der Waals surface area contributed by atoms with Gasteiger partial charge in [-0.25, -0.2) is 10.8 Å². The number of pyridine rings is 1. The molecule has 2 aromatic rings. The van der Waals surface area contributed by atoms with Crippen LogP contribution < -0.4 is 16.6 Å². The predicted octanol–water partition coefficient (Wildman–Crippen LogP) is 3.04. The Morgan fingerprint density at radius 1 is 1.37 bits per heavy atom. The van der Waals surface area contributed by atoms with E-state index in [9.17, 15) is 4.79 Å². The number of hydrogen-bond acceptors (Lipinski definition) is 4. The van der Waals surface area contributed by atoms with E-state index in [0.29, 0.717) is 22.1 Å². The van der Waals surface area contributed by atoms with Crippen LogP contribution in [-0.4, -0.2) is 10.9 Å². The van der Waals surface area contributed by atoms with Gasteiger partial charge in [0.2, 0.25) is 0 Å². The average Bonchev–Trinajstić information content (AvgIpc) is 2.42. The Hall–Kier alpha value is -1.63. The highest BCUT2D eigenvalue weighted by Gasteiger charge is 2.13. The molecule has 7 heteroatoms. The van der Waals surface area contributed by atoms with Crippen LogP contribution in [0.4, 0.5) is 11.5 Å². The van der Waals surface area contributed by atoms with Crippen molar-refractivity contribution in [1.82, 2.24) is 4.98 Å². The van der Waals surface area contributed by atoms with Gasteiger partial charge in [0.1, 0.15) is 0 Å². The number of hydrogen-bond donors (Lipinski definition) is 3. The first-order valence-electron chi connectivity index (χ1n) is 5.30. The summed E-state index contributed by atoms with van der Waals surface area (Å²) in [5.41, 5.74) is 3.22. The highest BCUT2D eigenvalue weighted by Crippen LogP contribution is 2.26. The highest BCUT2D eigenvalue weighted by atomic mass is 79.9. The number of carbonyl (C=O) groups is 1. The van der Waals surface area contributed by atoms with E-state index in [1.165, 1.54) is 6.20 Å². The van der Waals surface area contributed by atoms with Crippen molar-refractivity contribution >= 4 is 44.9 Å². The lowest BCUT2D eigenvalue weighted by Gasteiger charge is -2.10. The third kappa shape index (κ3) is 3.23. The second-order valence-corrected chi connectivity index (χ2v) is 4.95. The molecule has 1 amide bonds. The molecular weight excluding hydrogens is 332 g/mol. The maximum Gasteiger partial charge on any atom is 0.259 e. The monoisotopic (exact) mass is 340 g/mol. The lowest BCUT2D eigenvalue weighted by Crippen LogP contribution is -2.18. The number of aromatic nitrogens is 1.